The quantitative estimate of drug-likeness (QED) is 0.942. The van der Waals surface area contributed by atoms with Crippen LogP contribution in [0.1, 0.15) is 6.42 Å². The Morgan fingerprint density at radius 3 is 3.06 bits per heavy atom. The van der Waals surface area contributed by atoms with Gasteiger partial charge >= 0.3 is 0 Å². The summed E-state index contributed by atoms with van der Waals surface area (Å²) in [4.78, 5) is 15.6. The number of hydrogen-bond acceptors (Lipinski definition) is 2. The van der Waals surface area contributed by atoms with Gasteiger partial charge in [0.2, 0.25) is 5.91 Å². The molecule has 0 saturated heterocycles. The fraction of sp³-hybridized carbons (Fsp3) is 0.167. The van der Waals surface area contributed by atoms with Crippen LogP contribution in [-0.4, -0.2) is 15.5 Å². The monoisotopic (exact) mass is 293 g/mol. The molecule has 0 aliphatic heterocycles. The molecule has 5 heteroatoms. The number of imidazole rings is 1. The van der Waals surface area contributed by atoms with Gasteiger partial charge in [-0.2, -0.15) is 0 Å². The number of nitrogens with one attached hydrogen (secondary N) is 1. The van der Waals surface area contributed by atoms with E-state index in [-0.39, 0.29) is 5.91 Å². The van der Waals surface area contributed by atoms with Gasteiger partial charge < -0.3 is 9.88 Å². The van der Waals surface area contributed by atoms with Crippen molar-refractivity contribution in [1.82, 2.24) is 9.55 Å². The van der Waals surface area contributed by atoms with Crippen LogP contribution in [0.4, 0.5) is 5.69 Å². The third kappa shape index (κ3) is 3.71. The summed E-state index contributed by atoms with van der Waals surface area (Å²) in [6.07, 6.45) is 5.67. The second-order valence-corrected chi connectivity index (χ2v) is 4.52. The van der Waals surface area contributed by atoms with Crippen LogP contribution in [-0.2, 0) is 11.3 Å². The van der Waals surface area contributed by atoms with E-state index in [0.29, 0.717) is 13.0 Å². The number of anilines is 1. The molecule has 0 aliphatic rings. The lowest BCUT2D eigenvalue weighted by atomic mass is 10.3. The second kappa shape index (κ2) is 5.63. The first-order valence-corrected chi connectivity index (χ1v) is 6.04. The molecular formula is C12H12BrN3O. The normalized spacial score (nSPS) is 10.2. The smallest absolute Gasteiger partial charge is 0.226 e. The molecule has 0 bridgehead atoms. The highest BCUT2D eigenvalue weighted by molar-refractivity contribution is 9.10. The molecule has 2 rings (SSSR count). The van der Waals surface area contributed by atoms with Gasteiger partial charge in [0, 0.05) is 35.5 Å². The largest absolute Gasteiger partial charge is 0.337 e. The van der Waals surface area contributed by atoms with Crippen molar-refractivity contribution in [1.29, 1.82) is 0 Å². The van der Waals surface area contributed by atoms with Gasteiger partial charge in [-0.15, -0.1) is 0 Å². The highest BCUT2D eigenvalue weighted by atomic mass is 79.9. The van der Waals surface area contributed by atoms with Crippen molar-refractivity contribution in [2.75, 3.05) is 5.32 Å². The minimum Gasteiger partial charge on any atom is -0.337 e. The topological polar surface area (TPSA) is 46.9 Å². The van der Waals surface area contributed by atoms with Crippen LogP contribution in [0.25, 0.3) is 0 Å². The van der Waals surface area contributed by atoms with Crippen LogP contribution in [0.15, 0.2) is 47.5 Å². The average Bonchev–Trinajstić information content (AvgIpc) is 2.79. The lowest BCUT2D eigenvalue weighted by Crippen LogP contribution is -2.13. The van der Waals surface area contributed by atoms with E-state index in [1.807, 2.05) is 35.0 Å². The standard InChI is InChI=1S/C12H12BrN3O/c13-10-2-1-3-11(8-10)15-12(17)4-6-16-7-5-14-9-16/h1-3,5,7-9H,4,6H2,(H,15,17). The van der Waals surface area contributed by atoms with Crippen molar-refractivity contribution in [2.45, 2.75) is 13.0 Å². The molecule has 88 valence electrons. The summed E-state index contributed by atoms with van der Waals surface area (Å²) in [6.45, 7) is 0.639. The van der Waals surface area contributed by atoms with Crippen LogP contribution < -0.4 is 5.32 Å². The molecule has 1 aromatic heterocycles. The summed E-state index contributed by atoms with van der Waals surface area (Å²) in [5.74, 6) is -0.00296. The van der Waals surface area contributed by atoms with Gasteiger partial charge in [0.1, 0.15) is 0 Å². The van der Waals surface area contributed by atoms with Gasteiger partial charge in [0.15, 0.2) is 0 Å². The minimum atomic E-state index is -0.00296. The third-order valence-corrected chi connectivity index (χ3v) is 2.76. The van der Waals surface area contributed by atoms with E-state index in [1.54, 1.807) is 12.5 Å². The number of aromatic nitrogens is 2. The summed E-state index contributed by atoms with van der Waals surface area (Å²) in [6, 6.07) is 7.53. The van der Waals surface area contributed by atoms with E-state index in [4.69, 9.17) is 0 Å². The molecular weight excluding hydrogens is 282 g/mol. The maximum atomic E-state index is 11.7. The molecule has 1 amide bonds. The number of amides is 1. The van der Waals surface area contributed by atoms with Crippen molar-refractivity contribution in [3.8, 4) is 0 Å². The van der Waals surface area contributed by atoms with Crippen LogP contribution in [0, 0.1) is 0 Å². The molecule has 0 fully saturated rings. The van der Waals surface area contributed by atoms with Gasteiger partial charge in [0.05, 0.1) is 6.33 Å². The maximum absolute atomic E-state index is 11.7. The third-order valence-electron chi connectivity index (χ3n) is 2.26. The van der Waals surface area contributed by atoms with Crippen molar-refractivity contribution in [3.63, 3.8) is 0 Å². The van der Waals surface area contributed by atoms with Crippen LogP contribution in [0.2, 0.25) is 0 Å². The number of nitrogens with zero attached hydrogens (tertiary/aromatic N) is 2. The molecule has 0 spiro atoms. The van der Waals surface area contributed by atoms with Gasteiger partial charge in [-0.3, -0.25) is 4.79 Å². The van der Waals surface area contributed by atoms with Crippen LogP contribution in [0.3, 0.4) is 0 Å². The summed E-state index contributed by atoms with van der Waals surface area (Å²) in [7, 11) is 0. The highest BCUT2D eigenvalue weighted by Crippen LogP contribution is 2.15. The minimum absolute atomic E-state index is 0.00296. The average molecular weight is 294 g/mol. The van der Waals surface area contributed by atoms with Crippen LogP contribution >= 0.6 is 15.9 Å². The SMILES string of the molecule is O=C(CCn1ccnc1)Nc1cccc(Br)c1. The lowest BCUT2D eigenvalue weighted by molar-refractivity contribution is -0.116. The number of carbonyl (C=O) groups excluding carboxylic acids is 1. The highest BCUT2D eigenvalue weighted by Gasteiger charge is 2.02. The van der Waals surface area contributed by atoms with E-state index in [0.717, 1.165) is 10.2 Å². The van der Waals surface area contributed by atoms with Gasteiger partial charge in [0.25, 0.3) is 0 Å². The van der Waals surface area contributed by atoms with Crippen molar-refractivity contribution < 1.29 is 4.79 Å². The Hall–Kier alpha value is -1.62. The van der Waals surface area contributed by atoms with Gasteiger partial charge in [-0.1, -0.05) is 22.0 Å². The Labute approximate surface area is 108 Å². The zero-order valence-corrected chi connectivity index (χ0v) is 10.7. The Balaban J connectivity index is 1.85. The number of rotatable bonds is 4. The van der Waals surface area contributed by atoms with Crippen molar-refractivity contribution >= 4 is 27.5 Å². The Bertz CT molecular complexity index is 496. The first-order chi connectivity index (χ1) is 8.24. The molecule has 0 atom stereocenters. The molecule has 1 aromatic carbocycles. The molecule has 0 saturated carbocycles. The lowest BCUT2D eigenvalue weighted by Gasteiger charge is -2.05. The second-order valence-electron chi connectivity index (χ2n) is 3.61. The molecule has 0 radical (unpaired) electrons. The van der Waals surface area contributed by atoms with E-state index in [9.17, 15) is 4.79 Å². The fourth-order valence-corrected chi connectivity index (χ4v) is 1.84. The summed E-state index contributed by atoms with van der Waals surface area (Å²) < 4.78 is 2.82. The Morgan fingerprint density at radius 1 is 1.47 bits per heavy atom. The summed E-state index contributed by atoms with van der Waals surface area (Å²) in [5.41, 5.74) is 0.801. The number of benzene rings is 1. The molecule has 1 N–H and O–H groups in total. The zero-order chi connectivity index (χ0) is 12.1. The fourth-order valence-electron chi connectivity index (χ4n) is 1.44. The van der Waals surface area contributed by atoms with Crippen molar-refractivity contribution in [2.24, 2.45) is 0 Å². The first kappa shape index (κ1) is 11.9. The number of aryl methyl sites for hydroxylation is 1. The van der Waals surface area contributed by atoms with Gasteiger partial charge in [-0.05, 0) is 18.2 Å². The Kier molecular flexibility index (Phi) is 3.93. The van der Waals surface area contributed by atoms with E-state index >= 15 is 0 Å². The molecule has 0 unspecified atom stereocenters. The number of carbonyl (C=O) groups is 1. The van der Waals surface area contributed by atoms with E-state index in [1.165, 1.54) is 0 Å². The Morgan fingerprint density at radius 2 is 2.35 bits per heavy atom. The predicted octanol–water partition coefficient (Wildman–Crippen LogP) is 2.67. The summed E-state index contributed by atoms with van der Waals surface area (Å²) in [5, 5.41) is 2.84. The zero-order valence-electron chi connectivity index (χ0n) is 9.14. The van der Waals surface area contributed by atoms with Gasteiger partial charge in [-0.25, -0.2) is 4.98 Å². The molecule has 0 aliphatic carbocycles. The molecule has 2 aromatic rings. The first-order valence-electron chi connectivity index (χ1n) is 5.25. The molecule has 1 heterocycles. The maximum Gasteiger partial charge on any atom is 0.226 e. The molecule has 4 nitrogen and oxygen atoms in total. The number of halogens is 1. The van der Waals surface area contributed by atoms with E-state index in [2.05, 4.69) is 26.2 Å². The predicted molar refractivity (Wildman–Crippen MR) is 69.6 cm³/mol. The molecule has 17 heavy (non-hydrogen) atoms. The van der Waals surface area contributed by atoms with Crippen LogP contribution in [0.5, 0.6) is 0 Å². The number of hydrogen-bond donors (Lipinski definition) is 1. The van der Waals surface area contributed by atoms with Crippen molar-refractivity contribution in [3.05, 3.63) is 47.5 Å². The summed E-state index contributed by atoms with van der Waals surface area (Å²) >= 11 is 3.36. The van der Waals surface area contributed by atoms with E-state index < -0.39 is 0 Å².